The monoisotopic (exact) mass is 312 g/mol. The van der Waals surface area contributed by atoms with E-state index in [0.717, 1.165) is 49.6 Å². The van der Waals surface area contributed by atoms with E-state index in [1.807, 2.05) is 7.05 Å². The van der Waals surface area contributed by atoms with Crippen LogP contribution in [0.2, 0.25) is 0 Å². The number of hydrogen-bond acceptors (Lipinski definition) is 4. The SMILES string of the molecule is C=C1CCC(N2CCc3c(CNC)cccc3N=C2C)C(C)N1. The maximum atomic E-state index is 4.96. The molecule has 0 aromatic heterocycles. The lowest BCUT2D eigenvalue weighted by Gasteiger charge is -2.40. The number of piperidine rings is 1. The third kappa shape index (κ3) is 3.27. The van der Waals surface area contributed by atoms with Gasteiger partial charge in [-0.1, -0.05) is 18.7 Å². The van der Waals surface area contributed by atoms with E-state index in [4.69, 9.17) is 4.99 Å². The molecule has 2 unspecified atom stereocenters. The molecule has 4 nitrogen and oxygen atoms in total. The molecule has 23 heavy (non-hydrogen) atoms. The number of benzene rings is 1. The molecule has 1 aromatic rings. The highest BCUT2D eigenvalue weighted by Gasteiger charge is 2.30. The van der Waals surface area contributed by atoms with Crippen molar-refractivity contribution in [1.82, 2.24) is 15.5 Å². The van der Waals surface area contributed by atoms with Gasteiger partial charge in [0.2, 0.25) is 0 Å². The van der Waals surface area contributed by atoms with Gasteiger partial charge in [0, 0.05) is 24.8 Å². The molecule has 1 saturated heterocycles. The number of aliphatic imine (C=N–C) groups is 1. The normalized spacial score (nSPS) is 24.6. The number of hydrogen-bond donors (Lipinski definition) is 2. The Kier molecular flexibility index (Phi) is 4.71. The zero-order chi connectivity index (χ0) is 16.4. The van der Waals surface area contributed by atoms with Crippen LogP contribution in [-0.4, -0.2) is 36.4 Å². The molecule has 3 rings (SSSR count). The molecule has 0 bridgehead atoms. The minimum atomic E-state index is 0.416. The van der Waals surface area contributed by atoms with Crippen molar-refractivity contribution in [3.05, 3.63) is 41.6 Å². The molecule has 1 aromatic carbocycles. The summed E-state index contributed by atoms with van der Waals surface area (Å²) in [4.78, 5) is 7.45. The van der Waals surface area contributed by atoms with Gasteiger partial charge in [0.15, 0.2) is 0 Å². The van der Waals surface area contributed by atoms with Gasteiger partial charge in [-0.15, -0.1) is 0 Å². The van der Waals surface area contributed by atoms with Gasteiger partial charge in [0.05, 0.1) is 11.7 Å². The fourth-order valence-electron chi connectivity index (χ4n) is 3.90. The van der Waals surface area contributed by atoms with Gasteiger partial charge in [0.1, 0.15) is 5.84 Å². The second kappa shape index (κ2) is 6.75. The van der Waals surface area contributed by atoms with Crippen molar-refractivity contribution in [3.8, 4) is 0 Å². The molecular weight excluding hydrogens is 284 g/mol. The second-order valence-corrected chi connectivity index (χ2v) is 6.69. The molecule has 0 radical (unpaired) electrons. The Morgan fingerprint density at radius 2 is 2.22 bits per heavy atom. The van der Waals surface area contributed by atoms with Crippen molar-refractivity contribution in [2.75, 3.05) is 13.6 Å². The number of allylic oxidation sites excluding steroid dienone is 1. The van der Waals surface area contributed by atoms with Crippen molar-refractivity contribution in [3.63, 3.8) is 0 Å². The summed E-state index contributed by atoms with van der Waals surface area (Å²) in [6.45, 7) is 10.4. The average Bonchev–Trinajstić information content (AvgIpc) is 2.67. The number of nitrogens with zero attached hydrogens (tertiary/aromatic N) is 2. The highest BCUT2D eigenvalue weighted by atomic mass is 15.2. The smallest absolute Gasteiger partial charge is 0.102 e. The first-order valence-electron chi connectivity index (χ1n) is 8.61. The van der Waals surface area contributed by atoms with E-state index in [-0.39, 0.29) is 0 Å². The van der Waals surface area contributed by atoms with Crippen LogP contribution in [0.15, 0.2) is 35.5 Å². The summed E-state index contributed by atoms with van der Waals surface area (Å²) >= 11 is 0. The predicted octanol–water partition coefficient (Wildman–Crippen LogP) is 2.97. The largest absolute Gasteiger partial charge is 0.384 e. The van der Waals surface area contributed by atoms with Crippen LogP contribution in [0.25, 0.3) is 0 Å². The number of fused-ring (bicyclic) bond motifs is 1. The second-order valence-electron chi connectivity index (χ2n) is 6.69. The number of nitrogens with one attached hydrogen (secondary N) is 2. The molecule has 124 valence electrons. The van der Waals surface area contributed by atoms with Crippen LogP contribution in [0, 0.1) is 0 Å². The first-order chi connectivity index (χ1) is 11.1. The molecule has 0 aliphatic carbocycles. The Hall–Kier alpha value is -1.81. The number of rotatable bonds is 3. The Bertz CT molecular complexity index is 620. The first kappa shape index (κ1) is 16.1. The fourth-order valence-corrected chi connectivity index (χ4v) is 3.90. The van der Waals surface area contributed by atoms with Gasteiger partial charge in [-0.2, -0.15) is 0 Å². The Balaban J connectivity index is 1.86. The van der Waals surface area contributed by atoms with E-state index in [2.05, 4.69) is 54.2 Å². The van der Waals surface area contributed by atoms with Crippen LogP contribution in [0.1, 0.15) is 37.8 Å². The standard InChI is InChI=1S/C19H28N4/c1-13-8-9-19(14(2)21-13)23-11-10-17-16(12-20-4)6-5-7-18(17)22-15(23)3/h5-7,14,19-21H,1,8-12H2,2-4H3. The highest BCUT2D eigenvalue weighted by Crippen LogP contribution is 2.29. The van der Waals surface area contributed by atoms with E-state index >= 15 is 0 Å². The van der Waals surface area contributed by atoms with Gasteiger partial charge in [0.25, 0.3) is 0 Å². The maximum Gasteiger partial charge on any atom is 0.102 e. The number of amidine groups is 1. The minimum Gasteiger partial charge on any atom is -0.384 e. The maximum absolute atomic E-state index is 4.96. The lowest BCUT2D eigenvalue weighted by Crippen LogP contribution is -2.53. The third-order valence-electron chi connectivity index (χ3n) is 5.07. The van der Waals surface area contributed by atoms with Gasteiger partial charge in [-0.3, -0.25) is 0 Å². The summed E-state index contributed by atoms with van der Waals surface area (Å²) in [5.74, 6) is 1.14. The molecule has 0 amide bonds. The molecule has 2 heterocycles. The Labute approximate surface area is 139 Å². The Morgan fingerprint density at radius 1 is 1.39 bits per heavy atom. The predicted molar refractivity (Wildman–Crippen MR) is 97.1 cm³/mol. The van der Waals surface area contributed by atoms with E-state index in [1.54, 1.807) is 0 Å². The van der Waals surface area contributed by atoms with Gasteiger partial charge >= 0.3 is 0 Å². The average molecular weight is 312 g/mol. The quantitative estimate of drug-likeness (QED) is 0.901. The summed E-state index contributed by atoms with van der Waals surface area (Å²) < 4.78 is 0. The lowest BCUT2D eigenvalue weighted by molar-refractivity contribution is 0.227. The molecule has 4 heteroatoms. The van der Waals surface area contributed by atoms with Crippen molar-refractivity contribution in [1.29, 1.82) is 0 Å². The minimum absolute atomic E-state index is 0.416. The van der Waals surface area contributed by atoms with Crippen LogP contribution >= 0.6 is 0 Å². The fraction of sp³-hybridized carbons (Fsp3) is 0.526. The van der Waals surface area contributed by atoms with E-state index < -0.39 is 0 Å². The summed E-state index contributed by atoms with van der Waals surface area (Å²) in [5, 5.41) is 6.79. The van der Waals surface area contributed by atoms with Crippen molar-refractivity contribution < 1.29 is 0 Å². The van der Waals surface area contributed by atoms with E-state index in [1.165, 1.54) is 11.1 Å². The summed E-state index contributed by atoms with van der Waals surface area (Å²) in [6.07, 6.45) is 3.26. The molecular formula is C19H28N4. The van der Waals surface area contributed by atoms with Crippen molar-refractivity contribution >= 4 is 11.5 Å². The lowest BCUT2D eigenvalue weighted by atomic mass is 9.95. The van der Waals surface area contributed by atoms with E-state index in [9.17, 15) is 0 Å². The van der Waals surface area contributed by atoms with E-state index in [0.29, 0.717) is 12.1 Å². The Morgan fingerprint density at radius 3 is 2.96 bits per heavy atom. The molecule has 2 N–H and O–H groups in total. The van der Waals surface area contributed by atoms with Crippen LogP contribution < -0.4 is 10.6 Å². The summed E-state index contributed by atoms with van der Waals surface area (Å²) in [5.41, 5.74) is 5.06. The van der Waals surface area contributed by atoms with Crippen LogP contribution in [0.3, 0.4) is 0 Å². The van der Waals surface area contributed by atoms with Gasteiger partial charge in [-0.05, 0) is 57.4 Å². The molecule has 2 aliphatic rings. The van der Waals surface area contributed by atoms with Crippen LogP contribution in [0.4, 0.5) is 5.69 Å². The molecule has 0 spiro atoms. The third-order valence-corrected chi connectivity index (χ3v) is 5.07. The summed E-state index contributed by atoms with van der Waals surface area (Å²) in [7, 11) is 2.00. The summed E-state index contributed by atoms with van der Waals surface area (Å²) in [6, 6.07) is 7.38. The topological polar surface area (TPSA) is 39.7 Å². The van der Waals surface area contributed by atoms with Crippen LogP contribution in [0.5, 0.6) is 0 Å². The zero-order valence-electron chi connectivity index (χ0n) is 14.5. The van der Waals surface area contributed by atoms with Crippen LogP contribution in [-0.2, 0) is 13.0 Å². The zero-order valence-corrected chi connectivity index (χ0v) is 14.5. The highest BCUT2D eigenvalue weighted by molar-refractivity contribution is 5.84. The molecule has 1 fully saturated rings. The molecule has 2 aliphatic heterocycles. The first-order valence-corrected chi connectivity index (χ1v) is 8.61. The molecule has 2 atom stereocenters. The van der Waals surface area contributed by atoms with Crippen molar-refractivity contribution in [2.45, 2.75) is 51.7 Å². The van der Waals surface area contributed by atoms with Gasteiger partial charge < -0.3 is 15.5 Å². The molecule has 0 saturated carbocycles. The van der Waals surface area contributed by atoms with Gasteiger partial charge in [-0.25, -0.2) is 4.99 Å². The van der Waals surface area contributed by atoms with Crippen molar-refractivity contribution in [2.24, 2.45) is 4.99 Å².